The Hall–Kier alpha value is -2.23. The van der Waals surface area contributed by atoms with Crippen LogP contribution in [0.15, 0.2) is 59.5 Å². The number of hydrogen-bond donors (Lipinski definition) is 3. The number of para-hydroxylation sites is 1. The topological polar surface area (TPSA) is 133 Å². The number of carbonyl (C=O) groups excluding carboxylic acids is 1. The fourth-order valence-electron chi connectivity index (χ4n) is 2.09. The molecule has 0 fully saturated rings. The van der Waals surface area contributed by atoms with Crippen molar-refractivity contribution >= 4 is 24.2 Å². The number of nitrogens with zero attached hydrogens (tertiary/aromatic N) is 1. The zero-order valence-corrected chi connectivity index (χ0v) is 15.8. The quantitative estimate of drug-likeness (QED) is 0.306. The van der Waals surface area contributed by atoms with E-state index in [9.17, 15) is 17.8 Å². The highest BCUT2D eigenvalue weighted by molar-refractivity contribution is 7.89. The van der Waals surface area contributed by atoms with Crippen molar-refractivity contribution in [2.24, 2.45) is 0 Å². The Bertz CT molecular complexity index is 898. The summed E-state index contributed by atoms with van der Waals surface area (Å²) in [6, 6.07) is 14.8. The van der Waals surface area contributed by atoms with E-state index in [0.29, 0.717) is 16.2 Å². The van der Waals surface area contributed by atoms with Gasteiger partial charge < -0.3 is 14.5 Å². The summed E-state index contributed by atoms with van der Waals surface area (Å²) in [6.45, 7) is -0.366. The molecule has 0 aliphatic carbocycles. The second kappa shape index (κ2) is 9.12. The molecular formula is C16H19N2O7PS. The van der Waals surface area contributed by atoms with Gasteiger partial charge in [0.25, 0.3) is 0 Å². The molecule has 9 nitrogen and oxygen atoms in total. The van der Waals surface area contributed by atoms with Gasteiger partial charge in [-0.1, -0.05) is 18.2 Å². The van der Waals surface area contributed by atoms with E-state index in [0.717, 1.165) is 0 Å². The maximum Gasteiger partial charge on any atom is 0.432 e. The van der Waals surface area contributed by atoms with Crippen LogP contribution in [-0.2, 0) is 19.4 Å². The highest BCUT2D eigenvalue weighted by atomic mass is 32.2. The molecular weight excluding hydrogens is 395 g/mol. The molecule has 0 aliphatic heterocycles. The summed E-state index contributed by atoms with van der Waals surface area (Å²) in [5, 5.41) is 0. The normalized spacial score (nSPS) is 11.8. The van der Waals surface area contributed by atoms with Crippen LogP contribution in [0.25, 0.3) is 0 Å². The lowest BCUT2D eigenvalue weighted by atomic mass is 10.3. The Morgan fingerprint density at radius 3 is 2.19 bits per heavy atom. The van der Waals surface area contributed by atoms with Crippen LogP contribution in [0, 0.1) is 0 Å². The van der Waals surface area contributed by atoms with E-state index in [1.165, 1.54) is 24.3 Å². The molecule has 1 amide bonds. The molecule has 27 heavy (non-hydrogen) atoms. The van der Waals surface area contributed by atoms with Crippen molar-refractivity contribution in [2.45, 2.75) is 11.3 Å². The van der Waals surface area contributed by atoms with Gasteiger partial charge in [0.1, 0.15) is 11.5 Å². The Morgan fingerprint density at radius 2 is 1.63 bits per heavy atom. The molecule has 2 rings (SSSR count). The van der Waals surface area contributed by atoms with Crippen LogP contribution in [0.3, 0.4) is 0 Å². The molecule has 0 saturated heterocycles. The van der Waals surface area contributed by atoms with E-state index in [1.54, 1.807) is 12.1 Å². The zero-order valence-electron chi connectivity index (χ0n) is 14.1. The van der Waals surface area contributed by atoms with E-state index in [2.05, 4.69) is 4.72 Å². The number of carbonyl (C=O) groups is 1. The van der Waals surface area contributed by atoms with Gasteiger partial charge in [-0.15, -0.1) is 0 Å². The lowest BCUT2D eigenvalue weighted by Crippen LogP contribution is -2.28. The highest BCUT2D eigenvalue weighted by Gasteiger charge is 2.23. The molecule has 0 aromatic heterocycles. The van der Waals surface area contributed by atoms with Crippen LogP contribution in [0.2, 0.25) is 0 Å². The Kier molecular flexibility index (Phi) is 7.11. The van der Waals surface area contributed by atoms with Gasteiger partial charge >= 0.3 is 7.75 Å². The Labute approximate surface area is 156 Å². The summed E-state index contributed by atoms with van der Waals surface area (Å²) in [5.74, 6) is 1.10. The summed E-state index contributed by atoms with van der Waals surface area (Å²) < 4.78 is 43.6. The van der Waals surface area contributed by atoms with Gasteiger partial charge in [0.2, 0.25) is 16.4 Å². The number of sulfonamides is 1. The summed E-state index contributed by atoms with van der Waals surface area (Å²) in [7, 11) is -8.47. The van der Waals surface area contributed by atoms with Crippen LogP contribution in [0.1, 0.15) is 6.42 Å². The van der Waals surface area contributed by atoms with Crippen molar-refractivity contribution in [1.82, 2.24) is 9.39 Å². The predicted octanol–water partition coefficient (Wildman–Crippen LogP) is 1.70. The average molecular weight is 414 g/mol. The standard InChI is InChI=1S/C16H19N2O7PS/c19-13-18(26(20,21)22)12-4-11-17-27(23,24)16-9-7-15(8-10-16)25-14-5-2-1-3-6-14/h1-3,5-10,13,17H,4,11-12H2,(H2,20,21,22). The van der Waals surface area contributed by atoms with Gasteiger partial charge in [0.15, 0.2) is 0 Å². The molecule has 3 N–H and O–H groups in total. The maximum atomic E-state index is 12.2. The minimum Gasteiger partial charge on any atom is -0.457 e. The second-order valence-electron chi connectivity index (χ2n) is 5.42. The van der Waals surface area contributed by atoms with Crippen LogP contribution in [-0.4, -0.2) is 42.4 Å². The average Bonchev–Trinajstić information content (AvgIpc) is 2.62. The fraction of sp³-hybridized carbons (Fsp3) is 0.188. The first-order valence-corrected chi connectivity index (χ1v) is 10.9. The SMILES string of the molecule is O=CN(CCCNS(=O)(=O)c1ccc(Oc2ccccc2)cc1)P(=O)(O)O. The number of ether oxygens (including phenoxy) is 1. The van der Waals surface area contributed by atoms with Crippen molar-refractivity contribution < 1.29 is 32.3 Å². The maximum absolute atomic E-state index is 12.2. The van der Waals surface area contributed by atoms with Crippen molar-refractivity contribution in [3.05, 3.63) is 54.6 Å². The number of amides is 1. The first-order valence-electron chi connectivity index (χ1n) is 7.83. The molecule has 11 heteroatoms. The molecule has 0 unspecified atom stereocenters. The molecule has 0 atom stereocenters. The lowest BCUT2D eigenvalue weighted by Gasteiger charge is -2.17. The third kappa shape index (κ3) is 6.46. The Morgan fingerprint density at radius 1 is 1.04 bits per heavy atom. The highest BCUT2D eigenvalue weighted by Crippen LogP contribution is 2.38. The third-order valence-corrected chi connectivity index (χ3v) is 5.87. The van der Waals surface area contributed by atoms with Crippen molar-refractivity contribution in [2.75, 3.05) is 13.1 Å². The second-order valence-corrected chi connectivity index (χ2v) is 8.73. The number of hydrogen-bond acceptors (Lipinski definition) is 5. The first kappa shape index (κ1) is 21.1. The molecule has 146 valence electrons. The third-order valence-electron chi connectivity index (χ3n) is 3.43. The zero-order chi connectivity index (χ0) is 19.9. The van der Waals surface area contributed by atoms with Gasteiger partial charge in [-0.3, -0.25) is 9.46 Å². The van der Waals surface area contributed by atoms with E-state index in [1.807, 2.05) is 18.2 Å². The van der Waals surface area contributed by atoms with Crippen molar-refractivity contribution in [3.8, 4) is 11.5 Å². The lowest BCUT2D eigenvalue weighted by molar-refractivity contribution is -0.114. The van der Waals surface area contributed by atoms with Gasteiger partial charge in [-0.2, -0.15) is 0 Å². The molecule has 0 heterocycles. The predicted molar refractivity (Wildman–Crippen MR) is 97.6 cm³/mol. The monoisotopic (exact) mass is 414 g/mol. The van der Waals surface area contributed by atoms with Crippen LogP contribution < -0.4 is 9.46 Å². The molecule has 0 aliphatic rings. The van der Waals surface area contributed by atoms with Crippen molar-refractivity contribution in [3.63, 3.8) is 0 Å². The summed E-state index contributed by atoms with van der Waals surface area (Å²) in [5.41, 5.74) is 0. The first-order chi connectivity index (χ1) is 12.7. The molecule has 2 aromatic carbocycles. The van der Waals surface area contributed by atoms with Crippen LogP contribution >= 0.6 is 7.75 Å². The summed E-state index contributed by atoms with van der Waals surface area (Å²) in [6.07, 6.45) is 0.0685. The number of rotatable bonds is 10. The molecule has 2 aromatic rings. The number of nitrogens with one attached hydrogen (secondary N) is 1. The smallest absolute Gasteiger partial charge is 0.432 e. The van der Waals surface area contributed by atoms with E-state index in [4.69, 9.17) is 14.5 Å². The van der Waals surface area contributed by atoms with Crippen LogP contribution in [0.4, 0.5) is 0 Å². The summed E-state index contributed by atoms with van der Waals surface area (Å²) in [4.78, 5) is 28.4. The van der Waals surface area contributed by atoms with Crippen molar-refractivity contribution in [1.29, 1.82) is 0 Å². The minimum atomic E-state index is -4.68. The molecule has 0 saturated carbocycles. The van der Waals surface area contributed by atoms with E-state index < -0.39 is 17.8 Å². The molecule has 0 spiro atoms. The molecule has 0 bridgehead atoms. The fourth-order valence-corrected chi connectivity index (χ4v) is 3.69. The van der Waals surface area contributed by atoms with Gasteiger partial charge in [0, 0.05) is 13.1 Å². The van der Waals surface area contributed by atoms with Gasteiger partial charge in [-0.05, 0) is 42.8 Å². The molecule has 0 radical (unpaired) electrons. The largest absolute Gasteiger partial charge is 0.457 e. The number of benzene rings is 2. The van der Waals surface area contributed by atoms with Gasteiger partial charge in [-0.25, -0.2) is 17.7 Å². The Balaban J connectivity index is 1.90. The van der Waals surface area contributed by atoms with E-state index in [-0.39, 0.29) is 30.8 Å². The van der Waals surface area contributed by atoms with E-state index >= 15 is 0 Å². The summed E-state index contributed by atoms with van der Waals surface area (Å²) >= 11 is 0. The van der Waals surface area contributed by atoms with Gasteiger partial charge in [0.05, 0.1) is 4.90 Å². The minimum absolute atomic E-state index is 0.0187. The van der Waals surface area contributed by atoms with Crippen LogP contribution in [0.5, 0.6) is 11.5 Å².